The zero-order chi connectivity index (χ0) is 15.1. The number of benzene rings is 1. The van der Waals surface area contributed by atoms with Gasteiger partial charge in [-0.25, -0.2) is 0 Å². The Bertz CT molecular complexity index is 387. The summed E-state index contributed by atoms with van der Waals surface area (Å²) in [7, 11) is 0. The predicted molar refractivity (Wildman–Crippen MR) is 86.1 cm³/mol. The first kappa shape index (κ1) is 16.9. The third kappa shape index (κ3) is 5.09. The summed E-state index contributed by atoms with van der Waals surface area (Å²) < 4.78 is 0. The summed E-state index contributed by atoms with van der Waals surface area (Å²) in [5, 5.41) is 0. The van der Waals surface area contributed by atoms with E-state index in [0.717, 1.165) is 25.1 Å². The number of hydrogen-bond acceptors (Lipinski definition) is 2. The molecule has 1 rings (SSSR count). The molecule has 20 heavy (non-hydrogen) atoms. The first-order valence-corrected chi connectivity index (χ1v) is 7.79. The third-order valence-electron chi connectivity index (χ3n) is 3.39. The number of Topliss-reactive ketones (excluding diaryl/α,β-unsaturated/α-hetero) is 1. The van der Waals surface area contributed by atoms with Gasteiger partial charge in [0.2, 0.25) is 0 Å². The van der Waals surface area contributed by atoms with Crippen molar-refractivity contribution < 1.29 is 4.79 Å². The van der Waals surface area contributed by atoms with Crippen molar-refractivity contribution >= 4 is 5.78 Å². The van der Waals surface area contributed by atoms with E-state index in [2.05, 4.69) is 39.5 Å². The van der Waals surface area contributed by atoms with Gasteiger partial charge in [0.05, 0.1) is 6.04 Å². The quantitative estimate of drug-likeness (QED) is 0.661. The third-order valence-corrected chi connectivity index (χ3v) is 3.39. The molecule has 2 heteroatoms. The molecule has 0 radical (unpaired) electrons. The van der Waals surface area contributed by atoms with Crippen LogP contribution >= 0.6 is 0 Å². The smallest absolute Gasteiger partial charge is 0.179 e. The van der Waals surface area contributed by atoms with Gasteiger partial charge in [0.1, 0.15) is 0 Å². The van der Waals surface area contributed by atoms with Crippen LogP contribution < -0.4 is 0 Å². The summed E-state index contributed by atoms with van der Waals surface area (Å²) in [6.07, 6.45) is 0.868. The Labute approximate surface area is 124 Å². The van der Waals surface area contributed by atoms with Crippen LogP contribution in [0.3, 0.4) is 0 Å². The fourth-order valence-electron chi connectivity index (χ4n) is 2.67. The van der Waals surface area contributed by atoms with Gasteiger partial charge in [0.25, 0.3) is 0 Å². The monoisotopic (exact) mass is 275 g/mol. The van der Waals surface area contributed by atoms with E-state index in [9.17, 15) is 4.79 Å². The van der Waals surface area contributed by atoms with Gasteiger partial charge in [-0.2, -0.15) is 0 Å². The highest BCUT2D eigenvalue weighted by Crippen LogP contribution is 2.16. The Hall–Kier alpha value is -1.15. The van der Waals surface area contributed by atoms with Crippen molar-refractivity contribution in [2.75, 3.05) is 13.1 Å². The molecule has 0 aliphatic carbocycles. The maximum atomic E-state index is 12.7. The number of carbonyl (C=O) groups excluding carboxylic acids is 1. The number of carbonyl (C=O) groups is 1. The van der Waals surface area contributed by atoms with Gasteiger partial charge < -0.3 is 0 Å². The maximum absolute atomic E-state index is 12.7. The van der Waals surface area contributed by atoms with E-state index in [4.69, 9.17) is 0 Å². The zero-order valence-corrected chi connectivity index (χ0v) is 13.6. The molecule has 0 saturated carbocycles. The van der Waals surface area contributed by atoms with Crippen LogP contribution in [0.4, 0.5) is 0 Å². The Kier molecular flexibility index (Phi) is 6.94. The highest BCUT2D eigenvalue weighted by atomic mass is 16.1. The maximum Gasteiger partial charge on any atom is 0.179 e. The molecular weight excluding hydrogens is 246 g/mol. The van der Waals surface area contributed by atoms with Crippen LogP contribution in [-0.4, -0.2) is 29.8 Å². The Balaban J connectivity index is 2.91. The number of ketones is 1. The lowest BCUT2D eigenvalue weighted by molar-refractivity contribution is 0.0768. The molecule has 0 aliphatic heterocycles. The molecule has 0 amide bonds. The molecule has 0 bridgehead atoms. The average Bonchev–Trinajstić information content (AvgIpc) is 2.39. The fourth-order valence-corrected chi connectivity index (χ4v) is 2.67. The van der Waals surface area contributed by atoms with E-state index in [1.165, 1.54) is 0 Å². The molecule has 0 heterocycles. The summed E-state index contributed by atoms with van der Waals surface area (Å²) in [5.41, 5.74) is 0.830. The van der Waals surface area contributed by atoms with Crippen LogP contribution in [0.5, 0.6) is 0 Å². The van der Waals surface area contributed by atoms with Gasteiger partial charge in [-0.1, -0.05) is 65.0 Å². The minimum atomic E-state index is 0.00204. The van der Waals surface area contributed by atoms with Crippen LogP contribution in [0, 0.1) is 11.8 Å². The van der Waals surface area contributed by atoms with Gasteiger partial charge in [0.15, 0.2) is 5.78 Å². The minimum absolute atomic E-state index is 0.00204. The van der Waals surface area contributed by atoms with Crippen LogP contribution in [0.15, 0.2) is 30.3 Å². The molecule has 1 aromatic carbocycles. The lowest BCUT2D eigenvalue weighted by Gasteiger charge is -2.33. The van der Waals surface area contributed by atoms with Crippen molar-refractivity contribution in [3.8, 4) is 0 Å². The first-order valence-electron chi connectivity index (χ1n) is 7.79. The van der Waals surface area contributed by atoms with Crippen molar-refractivity contribution in [3.05, 3.63) is 35.9 Å². The second kappa shape index (κ2) is 8.21. The molecule has 1 unspecified atom stereocenters. The Morgan fingerprint density at radius 1 is 1.00 bits per heavy atom. The predicted octanol–water partition coefficient (Wildman–Crippen LogP) is 4.26. The second-order valence-electron chi connectivity index (χ2n) is 6.40. The van der Waals surface area contributed by atoms with Crippen LogP contribution in [0.2, 0.25) is 0 Å². The lowest BCUT2D eigenvalue weighted by atomic mass is 9.98. The molecule has 0 fully saturated rings. The molecule has 0 aliphatic rings. The largest absolute Gasteiger partial charge is 0.293 e. The van der Waals surface area contributed by atoms with Gasteiger partial charge >= 0.3 is 0 Å². The van der Waals surface area contributed by atoms with E-state index in [-0.39, 0.29) is 11.8 Å². The molecule has 0 spiro atoms. The Morgan fingerprint density at radius 3 is 1.90 bits per heavy atom. The van der Waals surface area contributed by atoms with Crippen LogP contribution in [0.1, 0.15) is 51.4 Å². The normalized spacial score (nSPS) is 13.2. The minimum Gasteiger partial charge on any atom is -0.293 e. The van der Waals surface area contributed by atoms with Gasteiger partial charge in [0, 0.05) is 18.7 Å². The topological polar surface area (TPSA) is 20.3 Å². The van der Waals surface area contributed by atoms with Crippen LogP contribution in [0.25, 0.3) is 0 Å². The van der Waals surface area contributed by atoms with Crippen molar-refractivity contribution in [2.45, 2.75) is 47.1 Å². The summed E-state index contributed by atoms with van der Waals surface area (Å²) in [6.45, 7) is 12.9. The molecule has 1 aromatic rings. The SMILES string of the molecule is CCC(C(=O)c1ccccc1)N(CC(C)C)CC(C)C. The number of hydrogen-bond donors (Lipinski definition) is 0. The van der Waals surface area contributed by atoms with E-state index >= 15 is 0 Å². The first-order chi connectivity index (χ1) is 9.45. The van der Waals surface area contributed by atoms with Crippen molar-refractivity contribution in [1.82, 2.24) is 4.90 Å². The number of nitrogens with zero attached hydrogens (tertiary/aromatic N) is 1. The highest BCUT2D eigenvalue weighted by molar-refractivity contribution is 6.00. The molecule has 112 valence electrons. The molecule has 0 N–H and O–H groups in total. The van der Waals surface area contributed by atoms with Crippen molar-refractivity contribution in [2.24, 2.45) is 11.8 Å². The summed E-state index contributed by atoms with van der Waals surface area (Å²) in [4.78, 5) is 15.1. The average molecular weight is 275 g/mol. The summed E-state index contributed by atoms with van der Waals surface area (Å²) in [6, 6.07) is 9.69. The number of rotatable bonds is 8. The lowest BCUT2D eigenvalue weighted by Crippen LogP contribution is -2.44. The fraction of sp³-hybridized carbons (Fsp3) is 0.611. The highest BCUT2D eigenvalue weighted by Gasteiger charge is 2.26. The summed E-state index contributed by atoms with van der Waals surface area (Å²) in [5.74, 6) is 1.41. The van der Waals surface area contributed by atoms with E-state index in [0.29, 0.717) is 11.8 Å². The molecule has 2 nitrogen and oxygen atoms in total. The van der Waals surface area contributed by atoms with Crippen molar-refractivity contribution in [3.63, 3.8) is 0 Å². The van der Waals surface area contributed by atoms with Crippen LogP contribution in [-0.2, 0) is 0 Å². The molecule has 0 aromatic heterocycles. The standard InChI is InChI=1S/C18H29NO/c1-6-17(18(20)16-10-8-7-9-11-16)19(12-14(2)3)13-15(4)5/h7-11,14-15,17H,6,12-13H2,1-5H3. The van der Waals surface area contributed by atoms with E-state index in [1.807, 2.05) is 30.3 Å². The molecular formula is C18H29NO. The zero-order valence-electron chi connectivity index (χ0n) is 13.6. The van der Waals surface area contributed by atoms with Gasteiger partial charge in [-0.3, -0.25) is 9.69 Å². The molecule has 1 atom stereocenters. The van der Waals surface area contributed by atoms with Gasteiger partial charge in [-0.15, -0.1) is 0 Å². The molecule has 0 saturated heterocycles. The van der Waals surface area contributed by atoms with E-state index in [1.54, 1.807) is 0 Å². The second-order valence-corrected chi connectivity index (χ2v) is 6.40. The van der Waals surface area contributed by atoms with E-state index < -0.39 is 0 Å². The Morgan fingerprint density at radius 2 is 1.50 bits per heavy atom. The van der Waals surface area contributed by atoms with Gasteiger partial charge in [-0.05, 0) is 18.3 Å². The summed E-state index contributed by atoms with van der Waals surface area (Å²) >= 11 is 0. The van der Waals surface area contributed by atoms with Crippen molar-refractivity contribution in [1.29, 1.82) is 0 Å².